The number of carbonyl (C=O) groups excluding carboxylic acids is 1. The first-order chi connectivity index (χ1) is 14.8. The highest BCUT2D eigenvalue weighted by Crippen LogP contribution is 2.21. The maximum atomic E-state index is 12.7. The monoisotopic (exact) mass is 401 g/mol. The van der Waals surface area contributed by atoms with Crippen LogP contribution in [0.5, 0.6) is 5.75 Å². The molecule has 3 aromatic rings. The quantitative estimate of drug-likeness (QED) is 0.609. The van der Waals surface area contributed by atoms with Crippen LogP contribution in [0.4, 0.5) is 0 Å². The number of carbonyl (C=O) groups is 1. The Labute approximate surface area is 177 Å². The first kappa shape index (κ1) is 20.1. The summed E-state index contributed by atoms with van der Waals surface area (Å²) in [7, 11) is 0. The van der Waals surface area contributed by atoms with Crippen LogP contribution in [0.2, 0.25) is 0 Å². The van der Waals surface area contributed by atoms with Crippen molar-refractivity contribution in [1.29, 1.82) is 0 Å². The highest BCUT2D eigenvalue weighted by atomic mass is 16.5. The molecule has 30 heavy (non-hydrogen) atoms. The largest absolute Gasteiger partial charge is 0.483 e. The molecule has 1 aliphatic heterocycles. The SMILES string of the molecule is O=C(COc1ccccc1Cc1ccccc1)N1CCN(Cc2cccnc2)CC1. The molecule has 1 fully saturated rings. The fraction of sp³-hybridized carbons (Fsp3) is 0.280. The van der Waals surface area contributed by atoms with E-state index in [9.17, 15) is 4.79 Å². The number of piperazine rings is 1. The Balaban J connectivity index is 1.27. The minimum atomic E-state index is 0.0468. The number of para-hydroxylation sites is 1. The van der Waals surface area contributed by atoms with Gasteiger partial charge in [0.2, 0.25) is 0 Å². The topological polar surface area (TPSA) is 45.7 Å². The van der Waals surface area contributed by atoms with E-state index in [1.54, 1.807) is 6.20 Å². The van der Waals surface area contributed by atoms with Crippen molar-refractivity contribution >= 4 is 5.91 Å². The standard InChI is InChI=1S/C25H27N3O2/c29-25(28-15-13-27(14-16-28)19-22-9-6-12-26-18-22)20-30-24-11-5-4-10-23(24)17-21-7-2-1-3-8-21/h1-12,18H,13-17,19-20H2. The minimum absolute atomic E-state index is 0.0468. The molecule has 0 radical (unpaired) electrons. The van der Waals surface area contributed by atoms with Gasteiger partial charge in [-0.15, -0.1) is 0 Å². The molecule has 2 heterocycles. The number of hydrogen-bond donors (Lipinski definition) is 0. The molecule has 1 saturated heterocycles. The average Bonchev–Trinajstić information content (AvgIpc) is 2.80. The predicted molar refractivity (Wildman–Crippen MR) is 117 cm³/mol. The second kappa shape index (κ2) is 10.0. The zero-order chi connectivity index (χ0) is 20.6. The van der Waals surface area contributed by atoms with Gasteiger partial charge in [-0.25, -0.2) is 0 Å². The van der Waals surface area contributed by atoms with Crippen molar-refractivity contribution in [2.24, 2.45) is 0 Å². The molecule has 0 atom stereocenters. The number of hydrogen-bond acceptors (Lipinski definition) is 4. The van der Waals surface area contributed by atoms with Gasteiger partial charge in [0.25, 0.3) is 5.91 Å². The van der Waals surface area contributed by atoms with Crippen molar-refractivity contribution in [3.8, 4) is 5.75 Å². The van der Waals surface area contributed by atoms with Crippen LogP contribution in [-0.4, -0.2) is 53.5 Å². The summed E-state index contributed by atoms with van der Waals surface area (Å²) in [5, 5.41) is 0. The van der Waals surface area contributed by atoms with Crippen molar-refractivity contribution in [2.75, 3.05) is 32.8 Å². The summed E-state index contributed by atoms with van der Waals surface area (Å²) in [6.07, 6.45) is 4.48. The normalized spacial score (nSPS) is 14.5. The Morgan fingerprint density at radius 3 is 2.37 bits per heavy atom. The Bertz CT molecular complexity index is 939. The van der Waals surface area contributed by atoms with Crippen molar-refractivity contribution in [1.82, 2.24) is 14.8 Å². The van der Waals surface area contributed by atoms with Gasteiger partial charge in [-0.2, -0.15) is 0 Å². The van der Waals surface area contributed by atoms with E-state index in [-0.39, 0.29) is 12.5 Å². The van der Waals surface area contributed by atoms with Gasteiger partial charge in [0, 0.05) is 51.5 Å². The zero-order valence-electron chi connectivity index (χ0n) is 17.1. The summed E-state index contributed by atoms with van der Waals surface area (Å²) >= 11 is 0. The van der Waals surface area contributed by atoms with E-state index in [0.29, 0.717) is 0 Å². The number of rotatable bonds is 7. The molecule has 0 saturated carbocycles. The Kier molecular flexibility index (Phi) is 6.72. The molecule has 154 valence electrons. The van der Waals surface area contributed by atoms with Crippen molar-refractivity contribution < 1.29 is 9.53 Å². The van der Waals surface area contributed by atoms with E-state index >= 15 is 0 Å². The third-order valence-electron chi connectivity index (χ3n) is 5.42. The molecule has 4 rings (SSSR count). The lowest BCUT2D eigenvalue weighted by atomic mass is 10.0. The molecule has 5 nitrogen and oxygen atoms in total. The first-order valence-corrected chi connectivity index (χ1v) is 10.4. The molecule has 0 spiro atoms. The lowest BCUT2D eigenvalue weighted by molar-refractivity contribution is -0.135. The molecule has 5 heteroatoms. The maximum absolute atomic E-state index is 12.7. The third kappa shape index (κ3) is 5.45. The minimum Gasteiger partial charge on any atom is -0.483 e. The summed E-state index contributed by atoms with van der Waals surface area (Å²) in [5.74, 6) is 0.829. The molecule has 1 amide bonds. The summed E-state index contributed by atoms with van der Waals surface area (Å²) in [4.78, 5) is 21.1. The molecular formula is C25H27N3O2. The van der Waals surface area contributed by atoms with Crippen LogP contribution in [-0.2, 0) is 17.8 Å². The van der Waals surface area contributed by atoms with Crippen molar-refractivity contribution in [2.45, 2.75) is 13.0 Å². The van der Waals surface area contributed by atoms with Gasteiger partial charge >= 0.3 is 0 Å². The van der Waals surface area contributed by atoms with E-state index in [2.05, 4.69) is 34.1 Å². The van der Waals surface area contributed by atoms with Crippen molar-refractivity contribution in [3.05, 3.63) is 95.8 Å². The Morgan fingerprint density at radius 1 is 0.867 bits per heavy atom. The third-order valence-corrected chi connectivity index (χ3v) is 5.42. The summed E-state index contributed by atoms with van der Waals surface area (Å²) in [6.45, 7) is 4.15. The van der Waals surface area contributed by atoms with E-state index in [1.165, 1.54) is 11.1 Å². The molecule has 0 aliphatic carbocycles. The Hall–Kier alpha value is -3.18. The number of ether oxygens (including phenoxy) is 1. The van der Waals surface area contributed by atoms with Crippen LogP contribution in [0.1, 0.15) is 16.7 Å². The second-order valence-corrected chi connectivity index (χ2v) is 7.58. The zero-order valence-corrected chi connectivity index (χ0v) is 17.1. The van der Waals surface area contributed by atoms with Gasteiger partial charge in [-0.1, -0.05) is 54.6 Å². The first-order valence-electron chi connectivity index (χ1n) is 10.4. The van der Waals surface area contributed by atoms with Crippen LogP contribution in [0.15, 0.2) is 79.1 Å². The smallest absolute Gasteiger partial charge is 0.260 e. The highest BCUT2D eigenvalue weighted by molar-refractivity contribution is 5.78. The maximum Gasteiger partial charge on any atom is 0.260 e. The van der Waals surface area contributed by atoms with Gasteiger partial charge < -0.3 is 9.64 Å². The summed E-state index contributed by atoms with van der Waals surface area (Å²) < 4.78 is 5.93. The van der Waals surface area contributed by atoms with E-state index < -0.39 is 0 Å². The van der Waals surface area contributed by atoms with Gasteiger partial charge in [-0.05, 0) is 28.8 Å². The highest BCUT2D eigenvalue weighted by Gasteiger charge is 2.21. The fourth-order valence-corrected chi connectivity index (χ4v) is 3.74. The summed E-state index contributed by atoms with van der Waals surface area (Å²) in [6, 6.07) is 22.3. The van der Waals surface area contributed by atoms with Gasteiger partial charge in [0.15, 0.2) is 6.61 Å². The molecule has 0 unspecified atom stereocenters. The lowest BCUT2D eigenvalue weighted by Gasteiger charge is -2.34. The number of amides is 1. The van der Waals surface area contributed by atoms with Crippen LogP contribution in [0.25, 0.3) is 0 Å². The van der Waals surface area contributed by atoms with Crippen LogP contribution in [0, 0.1) is 0 Å². The molecule has 2 aromatic carbocycles. The molecule has 1 aromatic heterocycles. The van der Waals surface area contributed by atoms with Gasteiger partial charge in [0.1, 0.15) is 5.75 Å². The summed E-state index contributed by atoms with van der Waals surface area (Å²) in [5.41, 5.74) is 3.53. The lowest BCUT2D eigenvalue weighted by Crippen LogP contribution is -2.49. The molecule has 1 aliphatic rings. The molecule has 0 N–H and O–H groups in total. The number of nitrogens with zero attached hydrogens (tertiary/aromatic N) is 3. The predicted octanol–water partition coefficient (Wildman–Crippen LogP) is 3.40. The van der Waals surface area contributed by atoms with E-state index in [4.69, 9.17) is 4.74 Å². The fourth-order valence-electron chi connectivity index (χ4n) is 3.74. The van der Waals surface area contributed by atoms with Crippen molar-refractivity contribution in [3.63, 3.8) is 0 Å². The number of benzene rings is 2. The van der Waals surface area contributed by atoms with E-state index in [0.717, 1.165) is 50.5 Å². The molecule has 0 bridgehead atoms. The average molecular weight is 402 g/mol. The number of pyridine rings is 1. The van der Waals surface area contributed by atoms with Crippen LogP contribution < -0.4 is 4.74 Å². The van der Waals surface area contributed by atoms with Gasteiger partial charge in [-0.3, -0.25) is 14.7 Å². The van der Waals surface area contributed by atoms with Crippen LogP contribution in [0.3, 0.4) is 0 Å². The Morgan fingerprint density at radius 2 is 1.60 bits per heavy atom. The van der Waals surface area contributed by atoms with Gasteiger partial charge in [0.05, 0.1) is 0 Å². The number of aromatic nitrogens is 1. The molecular weight excluding hydrogens is 374 g/mol. The van der Waals surface area contributed by atoms with E-state index in [1.807, 2.05) is 53.6 Å². The second-order valence-electron chi connectivity index (χ2n) is 7.58. The van der Waals surface area contributed by atoms with Crippen LogP contribution >= 0.6 is 0 Å².